The first-order chi connectivity index (χ1) is 17.9. The predicted octanol–water partition coefficient (Wildman–Crippen LogP) is 4.10. The van der Waals surface area contributed by atoms with Crippen LogP contribution in [0.5, 0.6) is 11.5 Å². The van der Waals surface area contributed by atoms with Crippen molar-refractivity contribution in [2.75, 3.05) is 45.3 Å². The third-order valence-electron chi connectivity index (χ3n) is 6.88. The Bertz CT molecular complexity index is 1360. The van der Waals surface area contributed by atoms with Crippen molar-refractivity contribution < 1.29 is 27.8 Å². The smallest absolute Gasteiger partial charge is 0.263 e. The molecule has 5 rings (SSSR count). The number of fused-ring (bicyclic) bond motifs is 1. The number of amides is 2. The number of nitrogens with zero attached hydrogens (tertiary/aromatic N) is 3. The van der Waals surface area contributed by atoms with E-state index in [1.165, 1.54) is 18.1 Å². The van der Waals surface area contributed by atoms with Gasteiger partial charge in [0.1, 0.15) is 11.6 Å². The number of imide groups is 1. The quantitative estimate of drug-likeness (QED) is 0.449. The maximum atomic E-state index is 14.1. The molecule has 0 radical (unpaired) electrons. The summed E-state index contributed by atoms with van der Waals surface area (Å²) in [6, 6.07) is 14.1. The fourth-order valence-corrected chi connectivity index (χ4v) is 4.94. The monoisotopic (exact) mass is 507 g/mol. The van der Waals surface area contributed by atoms with Crippen molar-refractivity contribution in [1.82, 2.24) is 9.80 Å². The van der Waals surface area contributed by atoms with E-state index in [0.717, 1.165) is 17.7 Å². The van der Waals surface area contributed by atoms with Crippen LogP contribution in [-0.4, -0.2) is 62.0 Å². The van der Waals surface area contributed by atoms with E-state index in [9.17, 15) is 18.4 Å². The topological polar surface area (TPSA) is 62.3 Å². The maximum absolute atomic E-state index is 14.1. The highest BCUT2D eigenvalue weighted by molar-refractivity contribution is 6.23. The molecule has 0 bridgehead atoms. The number of piperazine rings is 1. The lowest BCUT2D eigenvalue weighted by atomic mass is 10.1. The number of rotatable bonds is 7. The molecule has 0 N–H and O–H groups in total. The molecule has 2 amide bonds. The summed E-state index contributed by atoms with van der Waals surface area (Å²) >= 11 is 0. The van der Waals surface area contributed by atoms with E-state index in [-0.39, 0.29) is 18.4 Å². The van der Waals surface area contributed by atoms with Crippen LogP contribution in [0.3, 0.4) is 0 Å². The van der Waals surface area contributed by atoms with Gasteiger partial charge < -0.3 is 14.4 Å². The SMILES string of the molecule is COc1ccc(CN2C(=O)c3cccc(N4CCN(Cc5cc(F)ccc5F)CC4)c3C2=O)cc1OC. The minimum atomic E-state index is -0.462. The molecule has 0 aromatic heterocycles. The fourth-order valence-electron chi connectivity index (χ4n) is 4.94. The first-order valence-corrected chi connectivity index (χ1v) is 12.0. The number of carbonyl (C=O) groups excluding carboxylic acids is 2. The molecule has 37 heavy (non-hydrogen) atoms. The van der Waals surface area contributed by atoms with Crippen LogP contribution in [-0.2, 0) is 13.1 Å². The number of hydrogen-bond acceptors (Lipinski definition) is 6. The van der Waals surface area contributed by atoms with Crippen LogP contribution in [0, 0.1) is 11.6 Å². The van der Waals surface area contributed by atoms with Crippen LogP contribution in [0.1, 0.15) is 31.8 Å². The third-order valence-corrected chi connectivity index (χ3v) is 6.88. The van der Waals surface area contributed by atoms with Crippen molar-refractivity contribution in [3.05, 3.63) is 88.5 Å². The van der Waals surface area contributed by atoms with Crippen molar-refractivity contribution >= 4 is 17.5 Å². The molecule has 1 saturated heterocycles. The van der Waals surface area contributed by atoms with Gasteiger partial charge >= 0.3 is 0 Å². The molecule has 0 spiro atoms. The molecule has 2 aliphatic heterocycles. The molecule has 2 aliphatic rings. The van der Waals surface area contributed by atoms with Gasteiger partial charge in [-0.15, -0.1) is 0 Å². The average molecular weight is 508 g/mol. The van der Waals surface area contributed by atoms with Crippen LogP contribution in [0.15, 0.2) is 54.6 Å². The zero-order valence-corrected chi connectivity index (χ0v) is 20.7. The summed E-state index contributed by atoms with van der Waals surface area (Å²) in [6.45, 7) is 2.81. The normalized spacial score (nSPS) is 15.8. The maximum Gasteiger partial charge on any atom is 0.263 e. The van der Waals surface area contributed by atoms with E-state index < -0.39 is 11.6 Å². The average Bonchev–Trinajstić information content (AvgIpc) is 3.16. The number of hydrogen-bond donors (Lipinski definition) is 0. The zero-order chi connectivity index (χ0) is 26.1. The van der Waals surface area contributed by atoms with Crippen LogP contribution < -0.4 is 14.4 Å². The second kappa shape index (κ2) is 10.2. The Morgan fingerprint density at radius 1 is 0.811 bits per heavy atom. The molecule has 0 aliphatic carbocycles. The van der Waals surface area contributed by atoms with Gasteiger partial charge in [0.05, 0.1) is 37.6 Å². The van der Waals surface area contributed by atoms with E-state index in [4.69, 9.17) is 9.47 Å². The highest BCUT2D eigenvalue weighted by Gasteiger charge is 2.39. The molecule has 2 heterocycles. The Morgan fingerprint density at radius 2 is 1.57 bits per heavy atom. The van der Waals surface area contributed by atoms with Gasteiger partial charge in [0.2, 0.25) is 0 Å². The van der Waals surface area contributed by atoms with Gasteiger partial charge in [-0.1, -0.05) is 12.1 Å². The Kier molecular flexibility index (Phi) is 6.80. The molecule has 1 fully saturated rings. The summed E-state index contributed by atoms with van der Waals surface area (Å²) in [7, 11) is 3.08. The minimum absolute atomic E-state index is 0.110. The second-order valence-corrected chi connectivity index (χ2v) is 9.08. The van der Waals surface area contributed by atoms with E-state index in [1.54, 1.807) is 37.4 Å². The molecule has 0 saturated carbocycles. The van der Waals surface area contributed by atoms with Crippen molar-refractivity contribution in [1.29, 1.82) is 0 Å². The Morgan fingerprint density at radius 3 is 2.30 bits per heavy atom. The van der Waals surface area contributed by atoms with Crippen molar-refractivity contribution in [3.63, 3.8) is 0 Å². The Labute approximate surface area is 213 Å². The second-order valence-electron chi connectivity index (χ2n) is 9.08. The van der Waals surface area contributed by atoms with Crippen LogP contribution in [0.4, 0.5) is 14.5 Å². The third kappa shape index (κ3) is 4.74. The fraction of sp³-hybridized carbons (Fsp3) is 0.286. The highest BCUT2D eigenvalue weighted by atomic mass is 19.1. The van der Waals surface area contributed by atoms with Crippen molar-refractivity contribution in [3.8, 4) is 11.5 Å². The summed E-state index contributed by atoms with van der Waals surface area (Å²) in [4.78, 5) is 32.0. The number of methoxy groups -OCH3 is 2. The standard InChI is InChI=1S/C28H27F2N3O4/c1-36-24-9-6-18(14-25(24)37-2)16-33-27(34)21-4-3-5-23(26(21)28(33)35)32-12-10-31(11-13-32)17-19-15-20(29)7-8-22(19)30/h3-9,14-15H,10-13,16-17H2,1-2H3. The van der Waals surface area contributed by atoms with Gasteiger partial charge in [-0.3, -0.25) is 19.4 Å². The zero-order valence-electron chi connectivity index (χ0n) is 20.7. The summed E-state index contributed by atoms with van der Waals surface area (Å²) in [5.74, 6) is -0.478. The van der Waals surface area contributed by atoms with E-state index in [0.29, 0.717) is 66.6 Å². The largest absolute Gasteiger partial charge is 0.493 e. The Hall–Kier alpha value is -3.98. The first-order valence-electron chi connectivity index (χ1n) is 12.0. The van der Waals surface area contributed by atoms with Gasteiger partial charge in [0.15, 0.2) is 11.5 Å². The molecule has 9 heteroatoms. The molecule has 3 aromatic rings. The van der Waals surface area contributed by atoms with E-state index >= 15 is 0 Å². The number of carbonyl (C=O) groups is 2. The molecule has 7 nitrogen and oxygen atoms in total. The first kappa shape index (κ1) is 24.7. The number of anilines is 1. The van der Waals surface area contributed by atoms with E-state index in [2.05, 4.69) is 4.90 Å². The Balaban J connectivity index is 1.31. The molecule has 192 valence electrons. The minimum Gasteiger partial charge on any atom is -0.493 e. The lowest BCUT2D eigenvalue weighted by molar-refractivity contribution is 0.0642. The number of benzene rings is 3. The highest BCUT2D eigenvalue weighted by Crippen LogP contribution is 2.34. The lowest BCUT2D eigenvalue weighted by Gasteiger charge is -2.36. The molecular weight excluding hydrogens is 480 g/mol. The van der Waals surface area contributed by atoms with Crippen LogP contribution in [0.2, 0.25) is 0 Å². The van der Waals surface area contributed by atoms with Crippen LogP contribution >= 0.6 is 0 Å². The van der Waals surface area contributed by atoms with Crippen molar-refractivity contribution in [2.24, 2.45) is 0 Å². The number of halogens is 2. The van der Waals surface area contributed by atoms with E-state index in [1.807, 2.05) is 11.0 Å². The van der Waals surface area contributed by atoms with Gasteiger partial charge in [-0.2, -0.15) is 0 Å². The van der Waals surface area contributed by atoms with Gasteiger partial charge in [-0.25, -0.2) is 8.78 Å². The molecular formula is C28H27F2N3O4. The van der Waals surface area contributed by atoms with Crippen LogP contribution in [0.25, 0.3) is 0 Å². The molecule has 0 unspecified atom stereocenters. The van der Waals surface area contributed by atoms with Gasteiger partial charge in [0.25, 0.3) is 11.8 Å². The molecule has 0 atom stereocenters. The summed E-state index contributed by atoms with van der Waals surface area (Å²) in [6.07, 6.45) is 0. The predicted molar refractivity (Wildman–Crippen MR) is 134 cm³/mol. The number of ether oxygens (including phenoxy) is 2. The molecule has 3 aromatic carbocycles. The summed E-state index contributed by atoms with van der Waals surface area (Å²) < 4.78 is 38.3. The lowest BCUT2D eigenvalue weighted by Crippen LogP contribution is -2.46. The van der Waals surface area contributed by atoms with Gasteiger partial charge in [-0.05, 0) is 48.0 Å². The van der Waals surface area contributed by atoms with Gasteiger partial charge in [0, 0.05) is 38.3 Å². The van der Waals surface area contributed by atoms with Crippen molar-refractivity contribution in [2.45, 2.75) is 13.1 Å². The summed E-state index contributed by atoms with van der Waals surface area (Å²) in [5, 5.41) is 0. The summed E-state index contributed by atoms with van der Waals surface area (Å²) in [5.41, 5.74) is 2.56.